The molecule has 0 aliphatic rings. The van der Waals surface area contributed by atoms with Crippen molar-refractivity contribution in [1.29, 1.82) is 10.5 Å². The molecule has 0 fully saturated rings. The van der Waals surface area contributed by atoms with Crippen molar-refractivity contribution >= 4 is 23.8 Å². The number of aliphatic hydroxyl groups is 1. The van der Waals surface area contributed by atoms with E-state index in [9.17, 15) is 39.9 Å². The Morgan fingerprint density at radius 3 is 1.98 bits per heavy atom. The second kappa shape index (κ2) is 20.0. The van der Waals surface area contributed by atoms with Gasteiger partial charge >= 0.3 is 11.9 Å². The molecule has 0 radical (unpaired) electrons. The van der Waals surface area contributed by atoms with Crippen LogP contribution in [0.2, 0.25) is 0 Å². The summed E-state index contributed by atoms with van der Waals surface area (Å²) in [4.78, 5) is 52.3. The van der Waals surface area contributed by atoms with Crippen molar-refractivity contribution in [2.24, 2.45) is 27.1 Å². The third-order valence-electron chi connectivity index (χ3n) is 9.13. The molecular formula is C35H56N4O9. The first-order valence-corrected chi connectivity index (χ1v) is 16.2. The van der Waals surface area contributed by atoms with E-state index in [4.69, 9.17) is 20.6 Å². The van der Waals surface area contributed by atoms with E-state index in [2.05, 4.69) is 28.7 Å². The fraction of sp³-hybridized carbons (Fsp3) is 0.771. The Labute approximate surface area is 286 Å². The Kier molecular flexibility index (Phi) is 18.4. The molecule has 0 saturated carbocycles. The van der Waals surface area contributed by atoms with Gasteiger partial charge < -0.3 is 35.1 Å². The third-order valence-corrected chi connectivity index (χ3v) is 9.13. The van der Waals surface area contributed by atoms with Crippen LogP contribution in [0.25, 0.3) is 0 Å². The van der Waals surface area contributed by atoms with Gasteiger partial charge in [-0.3, -0.25) is 19.2 Å². The normalized spacial score (nSPS) is 17.0. The van der Waals surface area contributed by atoms with Crippen LogP contribution in [0.5, 0.6) is 0 Å². The quantitative estimate of drug-likeness (QED) is 0.0662. The van der Waals surface area contributed by atoms with Crippen molar-refractivity contribution < 1.29 is 43.6 Å². The first-order valence-electron chi connectivity index (χ1n) is 16.2. The second-order valence-corrected chi connectivity index (χ2v) is 14.2. The number of nitrogens with zero attached hydrogens (tertiary/aromatic N) is 2. The number of esters is 1. The number of carboxylic acids is 1. The zero-order valence-corrected chi connectivity index (χ0v) is 30.0. The third kappa shape index (κ3) is 13.8. The molecule has 0 aliphatic carbocycles. The van der Waals surface area contributed by atoms with E-state index < -0.39 is 56.9 Å². The lowest BCUT2D eigenvalue weighted by atomic mass is 9.61. The van der Waals surface area contributed by atoms with E-state index in [1.807, 2.05) is 0 Å². The molecule has 0 spiro atoms. The number of nitriles is 2. The number of nitrogens with one attached hydrogen (secondary N) is 2. The summed E-state index contributed by atoms with van der Waals surface area (Å²) in [5.74, 6) is -0.266. The molecule has 13 nitrogen and oxygen atoms in total. The summed E-state index contributed by atoms with van der Waals surface area (Å²) in [6, 6.07) is 4.38. The molecule has 0 heterocycles. The minimum atomic E-state index is -1.38. The topological polar surface area (TPSA) is 208 Å². The van der Waals surface area contributed by atoms with Crippen molar-refractivity contribution in [3.8, 4) is 24.5 Å². The molecule has 0 aliphatic heterocycles. The molecule has 5 atom stereocenters. The summed E-state index contributed by atoms with van der Waals surface area (Å²) in [5, 5.41) is 44.6. The van der Waals surface area contributed by atoms with Gasteiger partial charge in [-0.05, 0) is 66.7 Å². The van der Waals surface area contributed by atoms with Gasteiger partial charge in [0.1, 0.15) is 6.61 Å². The molecule has 0 bridgehead atoms. The largest absolute Gasteiger partial charge is 0.481 e. The van der Waals surface area contributed by atoms with Gasteiger partial charge in [-0.25, -0.2) is 0 Å². The van der Waals surface area contributed by atoms with Crippen LogP contribution in [0, 0.1) is 62.1 Å². The van der Waals surface area contributed by atoms with Crippen molar-refractivity contribution in [1.82, 2.24) is 10.6 Å². The number of carbonyl (C=O) groups is 4. The highest BCUT2D eigenvalue weighted by atomic mass is 16.6. The number of amides is 2. The maximum absolute atomic E-state index is 13.8. The molecule has 4 N–H and O–H groups in total. The zero-order valence-electron chi connectivity index (χ0n) is 30.0. The van der Waals surface area contributed by atoms with Crippen molar-refractivity contribution in [2.75, 3.05) is 46.6 Å². The van der Waals surface area contributed by atoms with Gasteiger partial charge in [0, 0.05) is 30.9 Å². The highest BCUT2D eigenvalue weighted by Gasteiger charge is 2.51. The monoisotopic (exact) mass is 676 g/mol. The van der Waals surface area contributed by atoms with Crippen LogP contribution >= 0.6 is 0 Å². The standard InChI is InChI=1S/C35H56N4O9/c1-10-16-38-28(43)33(6,13-11-14-35(8,31(3,4)24-36)30(45)48-20-19-47-18-17-46-9)23-34(7,29(44)39-21-26(2)40)22-32(5,25-37)15-12-27(41)42/h1,26,40H,11-23H2,2-9H3,(H,38,43)(H,39,44)(H,41,42). The Morgan fingerprint density at radius 2 is 1.46 bits per heavy atom. The Morgan fingerprint density at radius 1 is 0.854 bits per heavy atom. The Bertz CT molecular complexity index is 1220. The molecule has 13 heteroatoms. The summed E-state index contributed by atoms with van der Waals surface area (Å²) in [7, 11) is 1.54. The fourth-order valence-electron chi connectivity index (χ4n) is 5.81. The van der Waals surface area contributed by atoms with E-state index in [1.165, 1.54) is 6.92 Å². The number of rotatable bonds is 24. The average Bonchev–Trinajstić information content (AvgIpc) is 3.02. The Balaban J connectivity index is 6.51. The van der Waals surface area contributed by atoms with Crippen LogP contribution in [0.15, 0.2) is 0 Å². The number of hydrogen-bond donors (Lipinski definition) is 4. The fourth-order valence-corrected chi connectivity index (χ4v) is 5.81. The van der Waals surface area contributed by atoms with E-state index in [1.54, 1.807) is 48.7 Å². The molecule has 0 rings (SSSR count). The van der Waals surface area contributed by atoms with Gasteiger partial charge in [0.15, 0.2) is 0 Å². The van der Waals surface area contributed by atoms with Crippen LogP contribution in [-0.4, -0.2) is 86.7 Å². The number of methoxy groups -OCH3 is 1. The Hall–Kier alpha value is -3.70. The first kappa shape index (κ1) is 44.3. The smallest absolute Gasteiger partial charge is 0.313 e. The highest BCUT2D eigenvalue weighted by Crippen LogP contribution is 2.48. The van der Waals surface area contributed by atoms with E-state index >= 15 is 0 Å². The lowest BCUT2D eigenvalue weighted by Gasteiger charge is -2.42. The summed E-state index contributed by atoms with van der Waals surface area (Å²) < 4.78 is 15.8. The molecule has 0 aromatic rings. The number of carbonyl (C=O) groups excluding carboxylic acids is 3. The van der Waals surface area contributed by atoms with E-state index in [-0.39, 0.29) is 71.2 Å². The van der Waals surface area contributed by atoms with Gasteiger partial charge in [-0.15, -0.1) is 6.42 Å². The van der Waals surface area contributed by atoms with Crippen molar-refractivity contribution in [2.45, 2.75) is 99.5 Å². The minimum absolute atomic E-state index is 0.0225. The highest BCUT2D eigenvalue weighted by molar-refractivity contribution is 5.86. The molecule has 0 aromatic carbocycles. The SMILES string of the molecule is C#CCNC(=O)C(C)(CCCC(C)(C(=O)OCCOCCOC)C(C)(C)C#N)CC(C)(CC(C)(C#N)CCC(=O)O)C(=O)NCC(C)O. The van der Waals surface area contributed by atoms with Gasteiger partial charge in [-0.1, -0.05) is 26.2 Å². The summed E-state index contributed by atoms with van der Waals surface area (Å²) in [6.45, 7) is 12.0. The lowest BCUT2D eigenvalue weighted by molar-refractivity contribution is -0.162. The molecule has 0 aromatic heterocycles. The maximum Gasteiger partial charge on any atom is 0.313 e. The minimum Gasteiger partial charge on any atom is -0.481 e. The summed E-state index contributed by atoms with van der Waals surface area (Å²) in [6.07, 6.45) is 4.66. The predicted molar refractivity (Wildman–Crippen MR) is 178 cm³/mol. The molecule has 5 unspecified atom stereocenters. The number of aliphatic hydroxyl groups excluding tert-OH is 1. The van der Waals surface area contributed by atoms with E-state index in [0.29, 0.717) is 13.2 Å². The zero-order chi connectivity index (χ0) is 37.2. The van der Waals surface area contributed by atoms with E-state index in [0.717, 1.165) is 0 Å². The molecule has 2 amide bonds. The number of carboxylic acid groups (broad SMARTS) is 1. The van der Waals surface area contributed by atoms with Crippen LogP contribution in [0.4, 0.5) is 0 Å². The molecule has 0 saturated heterocycles. The van der Waals surface area contributed by atoms with Crippen molar-refractivity contribution in [3.05, 3.63) is 0 Å². The molecule has 48 heavy (non-hydrogen) atoms. The van der Waals surface area contributed by atoms with Gasteiger partial charge in [0.25, 0.3) is 0 Å². The molecular weight excluding hydrogens is 620 g/mol. The van der Waals surface area contributed by atoms with Gasteiger partial charge in [0.05, 0.1) is 60.9 Å². The number of ether oxygens (including phenoxy) is 3. The van der Waals surface area contributed by atoms with Crippen LogP contribution < -0.4 is 10.6 Å². The van der Waals surface area contributed by atoms with Gasteiger partial charge in [-0.2, -0.15) is 10.5 Å². The summed E-state index contributed by atoms with van der Waals surface area (Å²) in [5.41, 5.74) is -6.32. The summed E-state index contributed by atoms with van der Waals surface area (Å²) >= 11 is 0. The predicted octanol–water partition coefficient (Wildman–Crippen LogP) is 3.35. The number of terminal acetylenes is 1. The number of hydrogen-bond acceptors (Lipinski definition) is 10. The van der Waals surface area contributed by atoms with Crippen LogP contribution in [-0.2, 0) is 33.4 Å². The average molecular weight is 677 g/mol. The second-order valence-electron chi connectivity index (χ2n) is 14.2. The lowest BCUT2D eigenvalue weighted by Crippen LogP contribution is -2.50. The van der Waals surface area contributed by atoms with Gasteiger partial charge in [0.2, 0.25) is 11.8 Å². The van der Waals surface area contributed by atoms with Crippen LogP contribution in [0.1, 0.15) is 93.4 Å². The van der Waals surface area contributed by atoms with Crippen LogP contribution in [0.3, 0.4) is 0 Å². The first-order chi connectivity index (χ1) is 22.2. The maximum atomic E-state index is 13.8. The molecule has 270 valence electrons. The van der Waals surface area contributed by atoms with Crippen molar-refractivity contribution in [3.63, 3.8) is 0 Å². The number of aliphatic carboxylic acids is 1.